The lowest BCUT2D eigenvalue weighted by Gasteiger charge is -2.20. The number of carbonyl (C=O) groups is 2. The zero-order chi connectivity index (χ0) is 23.9. The van der Waals surface area contributed by atoms with E-state index in [4.69, 9.17) is 18.6 Å². The Balaban J connectivity index is 1.37. The predicted octanol–water partition coefficient (Wildman–Crippen LogP) is 4.50. The SMILES string of the molecule is COc1ccc(OC(=O)N(CC(=O)O)Cc2ccc(OCc3nc4ccccc4o3)cc2)cc1. The number of aromatic nitrogens is 1. The quantitative estimate of drug-likeness (QED) is 0.387. The van der Waals surface area contributed by atoms with Crippen molar-refractivity contribution >= 4 is 23.2 Å². The van der Waals surface area contributed by atoms with Crippen LogP contribution in [0.2, 0.25) is 0 Å². The molecule has 0 aliphatic carbocycles. The van der Waals surface area contributed by atoms with Gasteiger partial charge in [-0.3, -0.25) is 9.69 Å². The average Bonchev–Trinajstić information content (AvgIpc) is 3.26. The number of hydrogen-bond acceptors (Lipinski definition) is 7. The third-order valence-corrected chi connectivity index (χ3v) is 4.85. The molecule has 0 aliphatic heterocycles. The first-order valence-corrected chi connectivity index (χ1v) is 10.4. The molecule has 4 aromatic rings. The Morgan fingerprint density at radius 2 is 1.62 bits per heavy atom. The second-order valence-corrected chi connectivity index (χ2v) is 7.30. The fourth-order valence-corrected chi connectivity index (χ4v) is 3.20. The molecule has 1 amide bonds. The van der Waals surface area contributed by atoms with Gasteiger partial charge >= 0.3 is 12.1 Å². The zero-order valence-corrected chi connectivity index (χ0v) is 18.3. The number of carbonyl (C=O) groups excluding carboxylic acids is 1. The Hall–Kier alpha value is -4.53. The largest absolute Gasteiger partial charge is 0.497 e. The van der Waals surface area contributed by atoms with E-state index in [1.54, 1.807) is 48.5 Å². The van der Waals surface area contributed by atoms with Gasteiger partial charge in [0.05, 0.1) is 7.11 Å². The van der Waals surface area contributed by atoms with Gasteiger partial charge in [0.1, 0.15) is 29.3 Å². The van der Waals surface area contributed by atoms with Crippen LogP contribution in [0, 0.1) is 0 Å². The summed E-state index contributed by atoms with van der Waals surface area (Å²) in [6, 6.07) is 20.8. The van der Waals surface area contributed by atoms with Gasteiger partial charge in [0, 0.05) is 6.54 Å². The van der Waals surface area contributed by atoms with Crippen LogP contribution in [0.5, 0.6) is 17.2 Å². The molecule has 0 atom stereocenters. The summed E-state index contributed by atoms with van der Waals surface area (Å²) in [4.78, 5) is 29.3. The normalized spacial score (nSPS) is 10.6. The molecule has 0 spiro atoms. The molecule has 34 heavy (non-hydrogen) atoms. The number of carboxylic acid groups (broad SMARTS) is 1. The number of ether oxygens (including phenoxy) is 3. The number of benzene rings is 3. The Morgan fingerprint density at radius 1 is 0.941 bits per heavy atom. The summed E-state index contributed by atoms with van der Waals surface area (Å²) < 4.78 is 21.7. The van der Waals surface area contributed by atoms with E-state index in [-0.39, 0.29) is 18.9 Å². The van der Waals surface area contributed by atoms with Crippen molar-refractivity contribution in [3.8, 4) is 17.2 Å². The van der Waals surface area contributed by atoms with Gasteiger partial charge in [-0.25, -0.2) is 9.78 Å². The van der Waals surface area contributed by atoms with Crippen molar-refractivity contribution in [3.05, 3.63) is 84.3 Å². The van der Waals surface area contributed by atoms with Crippen LogP contribution in [0.1, 0.15) is 11.5 Å². The molecule has 0 aliphatic rings. The lowest BCUT2D eigenvalue weighted by Crippen LogP contribution is -2.37. The van der Waals surface area contributed by atoms with Crippen LogP contribution < -0.4 is 14.2 Å². The second kappa shape index (κ2) is 10.4. The van der Waals surface area contributed by atoms with Gasteiger partial charge in [-0.15, -0.1) is 0 Å². The second-order valence-electron chi connectivity index (χ2n) is 7.30. The standard InChI is InChI=1S/C25H22N2O7/c1-31-18-10-12-20(13-11-18)33-25(30)27(15-24(28)29)14-17-6-8-19(9-7-17)32-16-23-26-21-4-2-3-5-22(21)34-23/h2-13H,14-16H2,1H3,(H,28,29). The number of oxazole rings is 1. The molecular formula is C25H22N2O7. The van der Waals surface area contributed by atoms with E-state index in [2.05, 4.69) is 4.98 Å². The molecule has 0 unspecified atom stereocenters. The molecule has 174 valence electrons. The number of para-hydroxylation sites is 2. The number of nitrogens with zero attached hydrogens (tertiary/aromatic N) is 2. The van der Waals surface area contributed by atoms with E-state index in [1.165, 1.54) is 7.11 Å². The fourth-order valence-electron chi connectivity index (χ4n) is 3.20. The first-order valence-electron chi connectivity index (χ1n) is 10.4. The van der Waals surface area contributed by atoms with Crippen LogP contribution in [-0.4, -0.2) is 40.7 Å². The number of aliphatic carboxylic acids is 1. The highest BCUT2D eigenvalue weighted by atomic mass is 16.6. The molecule has 4 rings (SSSR count). The van der Waals surface area contributed by atoms with E-state index < -0.39 is 18.6 Å². The van der Waals surface area contributed by atoms with Gasteiger partial charge in [-0.05, 0) is 54.1 Å². The van der Waals surface area contributed by atoms with Gasteiger partial charge < -0.3 is 23.7 Å². The maximum Gasteiger partial charge on any atom is 0.416 e. The fraction of sp³-hybridized carbons (Fsp3) is 0.160. The van der Waals surface area contributed by atoms with E-state index in [1.807, 2.05) is 24.3 Å². The molecule has 0 radical (unpaired) electrons. The highest BCUT2D eigenvalue weighted by Gasteiger charge is 2.19. The Labute approximate surface area is 195 Å². The van der Waals surface area contributed by atoms with Gasteiger partial charge in [-0.2, -0.15) is 0 Å². The van der Waals surface area contributed by atoms with Gasteiger partial charge in [0.2, 0.25) is 5.89 Å². The molecule has 0 bridgehead atoms. The van der Waals surface area contributed by atoms with Crippen molar-refractivity contribution in [1.82, 2.24) is 9.88 Å². The van der Waals surface area contributed by atoms with Crippen LogP contribution in [0.4, 0.5) is 4.79 Å². The molecule has 1 aromatic heterocycles. The van der Waals surface area contributed by atoms with E-state index in [9.17, 15) is 14.7 Å². The molecule has 9 heteroatoms. The van der Waals surface area contributed by atoms with Crippen molar-refractivity contribution in [2.75, 3.05) is 13.7 Å². The van der Waals surface area contributed by atoms with E-state index in [0.717, 1.165) is 10.4 Å². The van der Waals surface area contributed by atoms with E-state index >= 15 is 0 Å². The summed E-state index contributed by atoms with van der Waals surface area (Å²) in [6.45, 7) is -0.301. The van der Waals surface area contributed by atoms with Crippen LogP contribution >= 0.6 is 0 Å². The van der Waals surface area contributed by atoms with Gasteiger partial charge in [0.15, 0.2) is 12.2 Å². The lowest BCUT2D eigenvalue weighted by atomic mass is 10.2. The summed E-state index contributed by atoms with van der Waals surface area (Å²) in [7, 11) is 1.53. The van der Waals surface area contributed by atoms with Crippen molar-refractivity contribution < 1.29 is 33.3 Å². The monoisotopic (exact) mass is 462 g/mol. The number of amides is 1. The predicted molar refractivity (Wildman–Crippen MR) is 122 cm³/mol. The third-order valence-electron chi connectivity index (χ3n) is 4.85. The Morgan fingerprint density at radius 3 is 2.29 bits per heavy atom. The molecule has 0 saturated carbocycles. The van der Waals surface area contributed by atoms with Crippen molar-refractivity contribution in [1.29, 1.82) is 0 Å². The third kappa shape index (κ3) is 5.83. The van der Waals surface area contributed by atoms with Crippen LogP contribution in [0.15, 0.2) is 77.2 Å². The maximum atomic E-state index is 12.6. The molecule has 1 heterocycles. The lowest BCUT2D eigenvalue weighted by molar-refractivity contribution is -0.138. The Bertz CT molecular complexity index is 1230. The summed E-state index contributed by atoms with van der Waals surface area (Å²) in [5.74, 6) is 0.783. The van der Waals surface area contributed by atoms with Gasteiger partial charge in [-0.1, -0.05) is 24.3 Å². The molecule has 9 nitrogen and oxygen atoms in total. The number of methoxy groups -OCH3 is 1. The molecule has 0 fully saturated rings. The van der Waals surface area contributed by atoms with Crippen molar-refractivity contribution in [3.63, 3.8) is 0 Å². The average molecular weight is 462 g/mol. The topological polar surface area (TPSA) is 111 Å². The highest BCUT2D eigenvalue weighted by molar-refractivity contribution is 5.78. The first-order chi connectivity index (χ1) is 16.5. The maximum absolute atomic E-state index is 12.6. The summed E-state index contributed by atoms with van der Waals surface area (Å²) in [5, 5.41) is 9.22. The number of hydrogen-bond donors (Lipinski definition) is 1. The Kier molecular flexibility index (Phi) is 6.92. The summed E-state index contributed by atoms with van der Waals surface area (Å²) in [6.07, 6.45) is -0.774. The molecule has 0 saturated heterocycles. The van der Waals surface area contributed by atoms with Crippen molar-refractivity contribution in [2.24, 2.45) is 0 Å². The van der Waals surface area contributed by atoms with E-state index in [0.29, 0.717) is 28.5 Å². The summed E-state index contributed by atoms with van der Waals surface area (Å²) >= 11 is 0. The molecule has 1 N–H and O–H groups in total. The van der Waals surface area contributed by atoms with Crippen molar-refractivity contribution in [2.45, 2.75) is 13.2 Å². The van der Waals surface area contributed by atoms with Gasteiger partial charge in [0.25, 0.3) is 0 Å². The minimum atomic E-state index is -1.15. The van der Waals surface area contributed by atoms with Crippen LogP contribution in [-0.2, 0) is 17.9 Å². The highest BCUT2D eigenvalue weighted by Crippen LogP contribution is 2.20. The number of fused-ring (bicyclic) bond motifs is 1. The van der Waals surface area contributed by atoms with Crippen LogP contribution in [0.25, 0.3) is 11.1 Å². The minimum Gasteiger partial charge on any atom is -0.497 e. The minimum absolute atomic E-state index is 0.0483. The number of rotatable bonds is 9. The summed E-state index contributed by atoms with van der Waals surface area (Å²) in [5.41, 5.74) is 2.16. The van der Waals surface area contributed by atoms with Crippen LogP contribution in [0.3, 0.4) is 0 Å². The first kappa shape index (κ1) is 22.7. The zero-order valence-electron chi connectivity index (χ0n) is 18.3. The molecular weight excluding hydrogens is 440 g/mol. The molecule has 3 aromatic carbocycles. The smallest absolute Gasteiger partial charge is 0.416 e. The number of carboxylic acids is 1.